The van der Waals surface area contributed by atoms with Gasteiger partial charge in [0.05, 0.1) is 11.7 Å². The van der Waals surface area contributed by atoms with Crippen LogP contribution in [0.3, 0.4) is 0 Å². The van der Waals surface area contributed by atoms with Crippen LogP contribution in [0.5, 0.6) is 0 Å². The Balaban J connectivity index is 1.90. The SMILES string of the molecule is Cn1ccc(C(=O)OCC2CCCCO2)cc1=O. The van der Waals surface area contributed by atoms with E-state index in [4.69, 9.17) is 9.47 Å². The number of nitrogens with zero attached hydrogens (tertiary/aromatic N) is 1. The second-order valence-corrected chi connectivity index (χ2v) is 4.45. The molecule has 1 atom stereocenters. The molecule has 98 valence electrons. The van der Waals surface area contributed by atoms with Crippen molar-refractivity contribution in [2.45, 2.75) is 25.4 Å². The number of aromatic nitrogens is 1. The Bertz CT molecular complexity index is 474. The summed E-state index contributed by atoms with van der Waals surface area (Å²) in [6, 6.07) is 2.86. The summed E-state index contributed by atoms with van der Waals surface area (Å²) in [5.41, 5.74) is 0.0623. The monoisotopic (exact) mass is 251 g/mol. The lowest BCUT2D eigenvalue weighted by Crippen LogP contribution is -2.26. The summed E-state index contributed by atoms with van der Waals surface area (Å²) < 4.78 is 12.0. The molecule has 0 radical (unpaired) electrons. The maximum atomic E-state index is 11.7. The number of hydrogen-bond donors (Lipinski definition) is 0. The molecular formula is C13H17NO4. The highest BCUT2D eigenvalue weighted by Crippen LogP contribution is 2.13. The van der Waals surface area contributed by atoms with Crippen LogP contribution in [0, 0.1) is 0 Å². The molecule has 1 aromatic heterocycles. The summed E-state index contributed by atoms with van der Waals surface area (Å²) in [6.45, 7) is 0.988. The van der Waals surface area contributed by atoms with Gasteiger partial charge in [-0.3, -0.25) is 4.79 Å². The number of carbonyl (C=O) groups is 1. The molecule has 18 heavy (non-hydrogen) atoms. The Labute approximate surface area is 105 Å². The van der Waals surface area contributed by atoms with Gasteiger partial charge >= 0.3 is 5.97 Å². The zero-order valence-corrected chi connectivity index (χ0v) is 10.4. The quantitative estimate of drug-likeness (QED) is 0.755. The zero-order chi connectivity index (χ0) is 13.0. The van der Waals surface area contributed by atoms with Crippen molar-refractivity contribution in [2.24, 2.45) is 7.05 Å². The summed E-state index contributed by atoms with van der Waals surface area (Å²) in [7, 11) is 1.63. The summed E-state index contributed by atoms with van der Waals surface area (Å²) in [6.07, 6.45) is 4.64. The number of rotatable bonds is 3. The Hall–Kier alpha value is -1.62. The molecule has 0 aliphatic carbocycles. The molecule has 1 unspecified atom stereocenters. The van der Waals surface area contributed by atoms with Crippen molar-refractivity contribution in [3.63, 3.8) is 0 Å². The van der Waals surface area contributed by atoms with E-state index in [-0.39, 0.29) is 23.8 Å². The van der Waals surface area contributed by atoms with Crippen molar-refractivity contribution < 1.29 is 14.3 Å². The van der Waals surface area contributed by atoms with Gasteiger partial charge in [-0.05, 0) is 25.3 Å². The average molecular weight is 251 g/mol. The average Bonchev–Trinajstić information content (AvgIpc) is 2.40. The molecule has 0 amide bonds. The van der Waals surface area contributed by atoms with Crippen LogP contribution >= 0.6 is 0 Å². The lowest BCUT2D eigenvalue weighted by atomic mass is 10.1. The van der Waals surface area contributed by atoms with Gasteiger partial charge in [-0.25, -0.2) is 4.79 Å². The molecule has 1 fully saturated rings. The highest BCUT2D eigenvalue weighted by atomic mass is 16.6. The van der Waals surface area contributed by atoms with Crippen LogP contribution < -0.4 is 5.56 Å². The van der Waals surface area contributed by atoms with Crippen molar-refractivity contribution in [3.8, 4) is 0 Å². The van der Waals surface area contributed by atoms with Crippen LogP contribution in [0.1, 0.15) is 29.6 Å². The fourth-order valence-electron chi connectivity index (χ4n) is 1.87. The van der Waals surface area contributed by atoms with Crippen LogP contribution in [-0.2, 0) is 16.5 Å². The Morgan fingerprint density at radius 1 is 1.56 bits per heavy atom. The molecular weight excluding hydrogens is 234 g/mol. The van der Waals surface area contributed by atoms with E-state index in [1.165, 1.54) is 10.6 Å². The van der Waals surface area contributed by atoms with Gasteiger partial charge in [-0.15, -0.1) is 0 Å². The maximum Gasteiger partial charge on any atom is 0.338 e. The van der Waals surface area contributed by atoms with Crippen molar-refractivity contribution in [1.82, 2.24) is 4.57 Å². The fourth-order valence-corrected chi connectivity index (χ4v) is 1.87. The number of ether oxygens (including phenoxy) is 2. The topological polar surface area (TPSA) is 57.5 Å². The lowest BCUT2D eigenvalue weighted by Gasteiger charge is -2.22. The number of hydrogen-bond acceptors (Lipinski definition) is 4. The smallest absolute Gasteiger partial charge is 0.338 e. The molecule has 0 N–H and O–H groups in total. The number of pyridine rings is 1. The standard InChI is InChI=1S/C13H17NO4/c1-14-6-5-10(8-12(14)15)13(16)18-9-11-4-2-3-7-17-11/h5-6,8,11H,2-4,7,9H2,1H3. The first-order chi connectivity index (χ1) is 8.66. The number of esters is 1. The third kappa shape index (κ3) is 3.20. The minimum Gasteiger partial charge on any atom is -0.459 e. The van der Waals surface area contributed by atoms with E-state index < -0.39 is 5.97 Å². The molecule has 2 heterocycles. The molecule has 0 aromatic carbocycles. The largest absolute Gasteiger partial charge is 0.459 e. The third-order valence-electron chi connectivity index (χ3n) is 3.01. The van der Waals surface area contributed by atoms with Gasteiger partial charge in [0.2, 0.25) is 0 Å². The van der Waals surface area contributed by atoms with Crippen molar-refractivity contribution in [2.75, 3.05) is 13.2 Å². The normalized spacial score (nSPS) is 19.5. The second kappa shape index (κ2) is 5.82. The summed E-state index contributed by atoms with van der Waals surface area (Å²) >= 11 is 0. The van der Waals surface area contributed by atoms with E-state index in [1.807, 2.05) is 0 Å². The first-order valence-corrected chi connectivity index (χ1v) is 6.12. The van der Waals surface area contributed by atoms with Crippen LogP contribution in [0.2, 0.25) is 0 Å². The van der Waals surface area contributed by atoms with E-state index in [0.29, 0.717) is 0 Å². The second-order valence-electron chi connectivity index (χ2n) is 4.45. The molecule has 1 saturated heterocycles. The van der Waals surface area contributed by atoms with Gasteiger partial charge in [-0.1, -0.05) is 0 Å². The van der Waals surface area contributed by atoms with Gasteiger partial charge in [0, 0.05) is 25.9 Å². The van der Waals surface area contributed by atoms with E-state index in [9.17, 15) is 9.59 Å². The van der Waals surface area contributed by atoms with Crippen molar-refractivity contribution >= 4 is 5.97 Å². The van der Waals surface area contributed by atoms with Crippen LogP contribution in [0.4, 0.5) is 0 Å². The zero-order valence-electron chi connectivity index (χ0n) is 10.4. The first kappa shape index (κ1) is 12.8. The highest BCUT2D eigenvalue weighted by Gasteiger charge is 2.16. The molecule has 0 bridgehead atoms. The van der Waals surface area contributed by atoms with E-state index in [2.05, 4.69) is 0 Å². The predicted molar refractivity (Wildman–Crippen MR) is 65.6 cm³/mol. The van der Waals surface area contributed by atoms with E-state index in [0.717, 1.165) is 25.9 Å². The van der Waals surface area contributed by atoms with Gasteiger partial charge in [0.25, 0.3) is 5.56 Å². The Morgan fingerprint density at radius 3 is 3.06 bits per heavy atom. The molecule has 0 saturated carbocycles. The lowest BCUT2D eigenvalue weighted by molar-refractivity contribution is -0.0300. The summed E-state index contributed by atoms with van der Waals surface area (Å²) in [5.74, 6) is -0.470. The maximum absolute atomic E-state index is 11.7. The van der Waals surface area contributed by atoms with Crippen LogP contribution in [0.15, 0.2) is 23.1 Å². The Morgan fingerprint density at radius 2 is 2.39 bits per heavy atom. The van der Waals surface area contributed by atoms with Crippen LogP contribution in [0.25, 0.3) is 0 Å². The molecule has 5 nitrogen and oxygen atoms in total. The third-order valence-corrected chi connectivity index (χ3v) is 3.01. The van der Waals surface area contributed by atoms with Gasteiger partial charge in [0.15, 0.2) is 0 Å². The molecule has 5 heteroatoms. The van der Waals surface area contributed by atoms with Crippen LogP contribution in [-0.4, -0.2) is 29.9 Å². The molecule has 1 aliphatic heterocycles. The van der Waals surface area contributed by atoms with E-state index >= 15 is 0 Å². The highest BCUT2D eigenvalue weighted by molar-refractivity contribution is 5.89. The van der Waals surface area contributed by atoms with Crippen molar-refractivity contribution in [3.05, 3.63) is 34.2 Å². The number of aryl methyl sites for hydroxylation is 1. The minimum absolute atomic E-state index is 0.00533. The fraction of sp³-hybridized carbons (Fsp3) is 0.538. The number of carbonyl (C=O) groups excluding carboxylic acids is 1. The molecule has 0 spiro atoms. The predicted octanol–water partition coefficient (Wildman–Crippen LogP) is 1.11. The summed E-state index contributed by atoms with van der Waals surface area (Å²) in [4.78, 5) is 23.1. The molecule has 2 rings (SSSR count). The van der Waals surface area contributed by atoms with Gasteiger partial charge in [0.1, 0.15) is 6.61 Å². The minimum atomic E-state index is -0.470. The van der Waals surface area contributed by atoms with E-state index in [1.54, 1.807) is 19.3 Å². The van der Waals surface area contributed by atoms with Gasteiger partial charge in [-0.2, -0.15) is 0 Å². The summed E-state index contributed by atoms with van der Waals surface area (Å²) in [5, 5.41) is 0. The first-order valence-electron chi connectivity index (χ1n) is 6.12. The molecule has 1 aliphatic rings. The Kier molecular flexibility index (Phi) is 4.15. The van der Waals surface area contributed by atoms with Gasteiger partial charge < -0.3 is 14.0 Å². The molecule has 1 aromatic rings. The van der Waals surface area contributed by atoms with Crippen molar-refractivity contribution in [1.29, 1.82) is 0 Å².